The van der Waals surface area contributed by atoms with E-state index < -0.39 is 5.97 Å². The van der Waals surface area contributed by atoms with Gasteiger partial charge in [0.05, 0.1) is 11.6 Å². The second kappa shape index (κ2) is 6.35. The van der Waals surface area contributed by atoms with Gasteiger partial charge in [0.25, 0.3) is 0 Å². The first kappa shape index (κ1) is 13.6. The van der Waals surface area contributed by atoms with Gasteiger partial charge >= 0.3 is 5.97 Å². The monoisotopic (exact) mass is 263 g/mol. The molecule has 0 spiro atoms. The van der Waals surface area contributed by atoms with Gasteiger partial charge in [0.15, 0.2) is 0 Å². The van der Waals surface area contributed by atoms with E-state index in [2.05, 4.69) is 0 Å². The summed E-state index contributed by atoms with van der Waals surface area (Å²) in [6.07, 6.45) is 3.08. The molecular weight excluding hydrogens is 250 g/mol. The first-order valence-electron chi connectivity index (χ1n) is 6.14. The van der Waals surface area contributed by atoms with E-state index in [0.29, 0.717) is 11.3 Å². The summed E-state index contributed by atoms with van der Waals surface area (Å²) in [4.78, 5) is 11.6. The molecule has 3 nitrogen and oxygen atoms in total. The van der Waals surface area contributed by atoms with E-state index in [0.717, 1.165) is 5.56 Å². The second-order valence-corrected chi connectivity index (χ2v) is 4.30. The topological polar surface area (TPSA) is 50.1 Å². The third kappa shape index (κ3) is 3.82. The Labute approximate surface area is 117 Å². The van der Waals surface area contributed by atoms with E-state index in [1.165, 1.54) is 11.6 Å². The molecule has 0 aliphatic heterocycles. The molecule has 0 aromatic heterocycles. The summed E-state index contributed by atoms with van der Waals surface area (Å²) in [7, 11) is 0. The van der Waals surface area contributed by atoms with Crippen LogP contribution < -0.4 is 4.74 Å². The summed E-state index contributed by atoms with van der Waals surface area (Å²) in [5.74, 6) is -0.0298. The molecule has 0 fully saturated rings. The minimum atomic E-state index is -0.449. The first-order chi connectivity index (χ1) is 9.67. The van der Waals surface area contributed by atoms with Crippen molar-refractivity contribution in [3.8, 4) is 11.8 Å². The zero-order valence-corrected chi connectivity index (χ0v) is 11.0. The highest BCUT2D eigenvalue weighted by Gasteiger charge is 2.00. The highest BCUT2D eigenvalue weighted by molar-refractivity contribution is 5.88. The number of aryl methyl sites for hydroxylation is 1. The van der Waals surface area contributed by atoms with Crippen molar-refractivity contribution in [3.05, 3.63) is 71.3 Å². The van der Waals surface area contributed by atoms with Crippen molar-refractivity contribution in [2.45, 2.75) is 6.92 Å². The Balaban J connectivity index is 1.98. The van der Waals surface area contributed by atoms with E-state index >= 15 is 0 Å². The lowest BCUT2D eigenvalue weighted by molar-refractivity contribution is -0.128. The lowest BCUT2D eigenvalue weighted by atomic mass is 10.1. The third-order valence-corrected chi connectivity index (χ3v) is 2.69. The van der Waals surface area contributed by atoms with Gasteiger partial charge in [0.2, 0.25) is 0 Å². The largest absolute Gasteiger partial charge is 0.423 e. The van der Waals surface area contributed by atoms with Crippen LogP contribution in [0.4, 0.5) is 0 Å². The van der Waals surface area contributed by atoms with Crippen LogP contribution in [-0.4, -0.2) is 5.97 Å². The van der Waals surface area contributed by atoms with Crippen LogP contribution in [0.2, 0.25) is 0 Å². The summed E-state index contributed by atoms with van der Waals surface area (Å²) in [5.41, 5.74) is 2.63. The van der Waals surface area contributed by atoms with Gasteiger partial charge in [0, 0.05) is 6.08 Å². The predicted octanol–water partition coefficient (Wildman–Crippen LogP) is 3.49. The lowest BCUT2D eigenvalue weighted by Crippen LogP contribution is -2.03. The van der Waals surface area contributed by atoms with E-state index in [-0.39, 0.29) is 0 Å². The molecular formula is C17H13NO2. The normalized spacial score (nSPS) is 10.2. The highest BCUT2D eigenvalue weighted by Crippen LogP contribution is 2.12. The van der Waals surface area contributed by atoms with Crippen molar-refractivity contribution in [3.63, 3.8) is 0 Å². The van der Waals surface area contributed by atoms with Gasteiger partial charge in [-0.3, -0.25) is 0 Å². The molecule has 2 aromatic carbocycles. The molecule has 0 saturated heterocycles. The maximum absolute atomic E-state index is 11.6. The van der Waals surface area contributed by atoms with E-state index in [9.17, 15) is 4.79 Å². The fourth-order valence-electron chi connectivity index (χ4n) is 1.59. The van der Waals surface area contributed by atoms with Gasteiger partial charge in [-0.2, -0.15) is 5.26 Å². The Kier molecular flexibility index (Phi) is 4.31. The van der Waals surface area contributed by atoms with Crippen molar-refractivity contribution < 1.29 is 9.53 Å². The fraction of sp³-hybridized carbons (Fsp3) is 0.0588. The van der Waals surface area contributed by atoms with E-state index in [1.807, 2.05) is 37.3 Å². The van der Waals surface area contributed by atoms with Crippen molar-refractivity contribution >= 4 is 12.0 Å². The Morgan fingerprint density at radius 3 is 2.35 bits per heavy atom. The zero-order valence-electron chi connectivity index (χ0n) is 11.0. The lowest BCUT2D eigenvalue weighted by Gasteiger charge is -2.00. The Morgan fingerprint density at radius 2 is 1.75 bits per heavy atom. The molecule has 0 amide bonds. The molecule has 0 bridgehead atoms. The molecule has 20 heavy (non-hydrogen) atoms. The second-order valence-electron chi connectivity index (χ2n) is 4.30. The van der Waals surface area contributed by atoms with Gasteiger partial charge in [0.1, 0.15) is 5.75 Å². The molecule has 0 aliphatic carbocycles. The summed E-state index contributed by atoms with van der Waals surface area (Å²) < 4.78 is 5.12. The van der Waals surface area contributed by atoms with Crippen molar-refractivity contribution in [2.24, 2.45) is 0 Å². The van der Waals surface area contributed by atoms with Crippen molar-refractivity contribution in [2.75, 3.05) is 0 Å². The van der Waals surface area contributed by atoms with Crippen LogP contribution in [0.1, 0.15) is 16.7 Å². The number of benzene rings is 2. The van der Waals surface area contributed by atoms with Gasteiger partial charge in [-0.05, 0) is 42.8 Å². The van der Waals surface area contributed by atoms with Crippen LogP contribution >= 0.6 is 0 Å². The summed E-state index contributed by atoms with van der Waals surface area (Å²) in [6.45, 7) is 2.01. The summed E-state index contributed by atoms with van der Waals surface area (Å²) >= 11 is 0. The number of hydrogen-bond donors (Lipinski definition) is 0. The number of nitrogens with zero attached hydrogens (tertiary/aromatic N) is 1. The average molecular weight is 263 g/mol. The van der Waals surface area contributed by atoms with Gasteiger partial charge in [-0.25, -0.2) is 4.79 Å². The molecule has 3 heteroatoms. The maximum atomic E-state index is 11.6. The highest BCUT2D eigenvalue weighted by atomic mass is 16.5. The minimum Gasteiger partial charge on any atom is -0.423 e. The van der Waals surface area contributed by atoms with Crippen LogP contribution in [0.3, 0.4) is 0 Å². The van der Waals surface area contributed by atoms with Crippen molar-refractivity contribution in [1.82, 2.24) is 0 Å². The minimum absolute atomic E-state index is 0.419. The van der Waals surface area contributed by atoms with Gasteiger partial charge < -0.3 is 4.74 Å². The molecule has 0 heterocycles. The number of carbonyl (C=O) groups is 1. The van der Waals surface area contributed by atoms with Crippen LogP contribution in [0.15, 0.2) is 54.6 Å². The first-order valence-corrected chi connectivity index (χ1v) is 6.14. The van der Waals surface area contributed by atoms with Gasteiger partial charge in [-0.15, -0.1) is 0 Å². The number of ether oxygens (including phenoxy) is 1. The molecule has 2 aromatic rings. The molecule has 0 atom stereocenters. The standard InChI is InChI=1S/C17H13NO2/c1-13-2-4-14(5-3-13)8-11-17(19)20-16-9-6-15(12-18)7-10-16/h2-11H,1H3/b11-8+. The molecule has 0 radical (unpaired) electrons. The molecule has 0 aliphatic rings. The molecule has 98 valence electrons. The number of nitriles is 1. The zero-order chi connectivity index (χ0) is 14.4. The Bertz CT molecular complexity index is 662. The van der Waals surface area contributed by atoms with Gasteiger partial charge in [-0.1, -0.05) is 29.8 Å². The third-order valence-electron chi connectivity index (χ3n) is 2.69. The van der Waals surface area contributed by atoms with Crippen LogP contribution in [0.25, 0.3) is 6.08 Å². The maximum Gasteiger partial charge on any atom is 0.336 e. The van der Waals surface area contributed by atoms with Crippen molar-refractivity contribution in [1.29, 1.82) is 5.26 Å². The average Bonchev–Trinajstić information content (AvgIpc) is 2.47. The molecule has 0 saturated carbocycles. The number of hydrogen-bond acceptors (Lipinski definition) is 3. The fourth-order valence-corrected chi connectivity index (χ4v) is 1.59. The van der Waals surface area contributed by atoms with Crippen LogP contribution in [-0.2, 0) is 4.79 Å². The number of carbonyl (C=O) groups excluding carboxylic acids is 1. The quantitative estimate of drug-likeness (QED) is 0.484. The number of esters is 1. The van der Waals surface area contributed by atoms with E-state index in [4.69, 9.17) is 10.00 Å². The smallest absolute Gasteiger partial charge is 0.336 e. The summed E-state index contributed by atoms with van der Waals surface area (Å²) in [6, 6.07) is 16.2. The summed E-state index contributed by atoms with van der Waals surface area (Å²) in [5, 5.41) is 8.67. The van der Waals surface area contributed by atoms with E-state index in [1.54, 1.807) is 30.3 Å². The molecule has 2 rings (SSSR count). The Morgan fingerprint density at radius 1 is 1.10 bits per heavy atom. The number of rotatable bonds is 3. The Hall–Kier alpha value is -2.86. The molecule has 0 unspecified atom stereocenters. The predicted molar refractivity (Wildman–Crippen MR) is 77.0 cm³/mol. The van der Waals surface area contributed by atoms with Crippen LogP contribution in [0, 0.1) is 18.3 Å². The van der Waals surface area contributed by atoms with Crippen LogP contribution in [0.5, 0.6) is 5.75 Å². The molecule has 0 N–H and O–H groups in total. The SMILES string of the molecule is Cc1ccc(/C=C/C(=O)Oc2ccc(C#N)cc2)cc1.